The predicted octanol–water partition coefficient (Wildman–Crippen LogP) is 3.73. The molecule has 0 saturated carbocycles. The van der Waals surface area contributed by atoms with Crippen LogP contribution in [0.3, 0.4) is 0 Å². The second kappa shape index (κ2) is 5.68. The van der Waals surface area contributed by atoms with E-state index in [2.05, 4.69) is 23.5 Å². The number of benzene rings is 2. The van der Waals surface area contributed by atoms with Crippen LogP contribution in [-0.4, -0.2) is 12.5 Å². The van der Waals surface area contributed by atoms with Gasteiger partial charge in [-0.2, -0.15) is 0 Å². The molecule has 2 aromatic carbocycles. The summed E-state index contributed by atoms with van der Waals surface area (Å²) in [5, 5.41) is 3.71. The molecule has 0 unspecified atom stereocenters. The molecule has 0 bridgehead atoms. The highest BCUT2D eigenvalue weighted by atomic mass is 35.5. The standard InChI is InChI=1S/C17H16ClNO/c18-14-8-4-7-13(9-14)16-11-19-17(20)10-15(16)12-5-2-1-3-6-12/h1-9,15-16H,10-11H2,(H,19,20)/t15-,16+/m0/s1. The number of nitrogens with one attached hydrogen (secondary N) is 1. The van der Waals surface area contributed by atoms with Gasteiger partial charge < -0.3 is 5.32 Å². The quantitative estimate of drug-likeness (QED) is 0.895. The molecule has 2 nitrogen and oxygen atoms in total. The highest BCUT2D eigenvalue weighted by Crippen LogP contribution is 2.38. The third-order valence-corrected chi connectivity index (χ3v) is 4.15. The fourth-order valence-electron chi connectivity index (χ4n) is 2.92. The Morgan fingerprint density at radius 3 is 2.45 bits per heavy atom. The molecular formula is C17H16ClNO. The van der Waals surface area contributed by atoms with Crippen LogP contribution >= 0.6 is 11.6 Å². The van der Waals surface area contributed by atoms with E-state index in [0.717, 1.165) is 5.02 Å². The van der Waals surface area contributed by atoms with Crippen LogP contribution in [0.25, 0.3) is 0 Å². The summed E-state index contributed by atoms with van der Waals surface area (Å²) >= 11 is 6.10. The molecule has 1 amide bonds. The maximum Gasteiger partial charge on any atom is 0.220 e. The molecule has 3 rings (SSSR count). The fraction of sp³-hybridized carbons (Fsp3) is 0.235. The number of rotatable bonds is 2. The molecule has 0 aliphatic carbocycles. The lowest BCUT2D eigenvalue weighted by Crippen LogP contribution is -2.38. The number of amides is 1. The van der Waals surface area contributed by atoms with Crippen molar-refractivity contribution >= 4 is 17.5 Å². The zero-order valence-corrected chi connectivity index (χ0v) is 11.8. The lowest BCUT2D eigenvalue weighted by atomic mass is 9.77. The minimum Gasteiger partial charge on any atom is -0.355 e. The Labute approximate surface area is 123 Å². The first-order valence-electron chi connectivity index (χ1n) is 6.81. The molecule has 0 spiro atoms. The van der Waals surface area contributed by atoms with Gasteiger partial charge in [0.2, 0.25) is 5.91 Å². The van der Waals surface area contributed by atoms with E-state index in [1.54, 1.807) is 0 Å². The molecule has 1 heterocycles. The number of halogens is 1. The van der Waals surface area contributed by atoms with Crippen molar-refractivity contribution in [3.8, 4) is 0 Å². The van der Waals surface area contributed by atoms with Crippen LogP contribution in [0, 0.1) is 0 Å². The van der Waals surface area contributed by atoms with Crippen LogP contribution in [0.15, 0.2) is 54.6 Å². The number of hydrogen-bond donors (Lipinski definition) is 1. The minimum absolute atomic E-state index is 0.122. The molecule has 0 aromatic heterocycles. The summed E-state index contributed by atoms with van der Waals surface area (Å²) in [5.41, 5.74) is 2.40. The molecule has 1 aliphatic heterocycles. The van der Waals surface area contributed by atoms with Crippen LogP contribution < -0.4 is 5.32 Å². The number of piperidine rings is 1. The van der Waals surface area contributed by atoms with Crippen LogP contribution in [0.2, 0.25) is 5.02 Å². The first-order chi connectivity index (χ1) is 9.74. The number of hydrogen-bond acceptors (Lipinski definition) is 1. The minimum atomic E-state index is 0.122. The Bertz CT molecular complexity index is 611. The number of carbonyl (C=O) groups excluding carboxylic acids is 1. The van der Waals surface area contributed by atoms with Crippen molar-refractivity contribution in [2.24, 2.45) is 0 Å². The second-order valence-electron chi connectivity index (χ2n) is 5.19. The van der Waals surface area contributed by atoms with Gasteiger partial charge in [-0.25, -0.2) is 0 Å². The Hall–Kier alpha value is -1.80. The topological polar surface area (TPSA) is 29.1 Å². The molecule has 102 valence electrons. The van der Waals surface area contributed by atoms with Crippen LogP contribution in [0.4, 0.5) is 0 Å². The Kier molecular flexibility index (Phi) is 3.75. The summed E-state index contributed by atoms with van der Waals surface area (Å²) in [6.07, 6.45) is 0.529. The van der Waals surface area contributed by atoms with E-state index in [1.807, 2.05) is 36.4 Å². The van der Waals surface area contributed by atoms with E-state index in [9.17, 15) is 4.79 Å². The molecule has 1 aliphatic rings. The maximum absolute atomic E-state index is 11.8. The van der Waals surface area contributed by atoms with E-state index >= 15 is 0 Å². The van der Waals surface area contributed by atoms with E-state index in [4.69, 9.17) is 11.6 Å². The normalized spacial score (nSPS) is 22.4. The summed E-state index contributed by atoms with van der Waals surface area (Å²) in [7, 11) is 0. The van der Waals surface area contributed by atoms with E-state index < -0.39 is 0 Å². The molecule has 3 heteroatoms. The Morgan fingerprint density at radius 1 is 0.950 bits per heavy atom. The average molecular weight is 286 g/mol. The smallest absolute Gasteiger partial charge is 0.220 e. The van der Waals surface area contributed by atoms with Gasteiger partial charge in [-0.15, -0.1) is 0 Å². The van der Waals surface area contributed by atoms with E-state index in [1.165, 1.54) is 11.1 Å². The molecule has 1 N–H and O–H groups in total. The molecule has 1 fully saturated rings. The van der Waals surface area contributed by atoms with Crippen LogP contribution in [0.1, 0.15) is 29.4 Å². The monoisotopic (exact) mass is 285 g/mol. The van der Waals surface area contributed by atoms with Crippen LogP contribution in [-0.2, 0) is 4.79 Å². The summed E-state index contributed by atoms with van der Waals surface area (Å²) in [4.78, 5) is 11.8. The Morgan fingerprint density at radius 2 is 1.70 bits per heavy atom. The zero-order valence-electron chi connectivity index (χ0n) is 11.1. The summed E-state index contributed by atoms with van der Waals surface area (Å²) in [6, 6.07) is 18.2. The molecule has 2 atom stereocenters. The predicted molar refractivity (Wildman–Crippen MR) is 81.0 cm³/mol. The van der Waals surface area contributed by atoms with E-state index in [0.29, 0.717) is 13.0 Å². The van der Waals surface area contributed by atoms with Crippen molar-refractivity contribution in [1.29, 1.82) is 0 Å². The largest absolute Gasteiger partial charge is 0.355 e. The molecule has 1 saturated heterocycles. The third kappa shape index (κ3) is 2.70. The highest BCUT2D eigenvalue weighted by Gasteiger charge is 2.31. The highest BCUT2D eigenvalue weighted by molar-refractivity contribution is 6.30. The molecule has 20 heavy (non-hydrogen) atoms. The van der Waals surface area contributed by atoms with Gasteiger partial charge >= 0.3 is 0 Å². The first-order valence-corrected chi connectivity index (χ1v) is 7.19. The van der Waals surface area contributed by atoms with Gasteiger partial charge in [0.25, 0.3) is 0 Å². The average Bonchev–Trinajstić information content (AvgIpc) is 2.48. The van der Waals surface area contributed by atoms with Crippen molar-refractivity contribution in [3.63, 3.8) is 0 Å². The second-order valence-corrected chi connectivity index (χ2v) is 5.62. The Balaban J connectivity index is 1.97. The van der Waals surface area contributed by atoms with Crippen LogP contribution in [0.5, 0.6) is 0 Å². The first kappa shape index (κ1) is 13.2. The third-order valence-electron chi connectivity index (χ3n) is 3.91. The van der Waals surface area contributed by atoms with Crippen molar-refractivity contribution in [3.05, 3.63) is 70.7 Å². The zero-order chi connectivity index (χ0) is 13.9. The van der Waals surface area contributed by atoms with E-state index in [-0.39, 0.29) is 17.7 Å². The maximum atomic E-state index is 11.8. The number of carbonyl (C=O) groups is 1. The van der Waals surface area contributed by atoms with Crippen molar-refractivity contribution in [2.75, 3.05) is 6.54 Å². The van der Waals surface area contributed by atoms with Gasteiger partial charge in [0.1, 0.15) is 0 Å². The SMILES string of the molecule is O=C1C[C@@H](c2ccccc2)[C@@H](c2cccc(Cl)c2)CN1. The van der Waals surface area contributed by atoms with Crippen molar-refractivity contribution < 1.29 is 4.79 Å². The summed E-state index contributed by atoms with van der Waals surface area (Å²) in [5.74, 6) is 0.606. The van der Waals surface area contributed by atoms with Gasteiger partial charge in [-0.1, -0.05) is 54.1 Å². The van der Waals surface area contributed by atoms with Gasteiger partial charge in [-0.3, -0.25) is 4.79 Å². The van der Waals surface area contributed by atoms with Gasteiger partial charge in [-0.05, 0) is 23.3 Å². The fourth-order valence-corrected chi connectivity index (χ4v) is 3.12. The summed E-state index contributed by atoms with van der Waals surface area (Å²) < 4.78 is 0. The molecule has 0 radical (unpaired) electrons. The lowest BCUT2D eigenvalue weighted by Gasteiger charge is -2.32. The van der Waals surface area contributed by atoms with Gasteiger partial charge in [0.05, 0.1) is 0 Å². The van der Waals surface area contributed by atoms with Crippen molar-refractivity contribution in [2.45, 2.75) is 18.3 Å². The lowest BCUT2D eigenvalue weighted by molar-refractivity contribution is -0.122. The van der Waals surface area contributed by atoms with Gasteiger partial charge in [0.15, 0.2) is 0 Å². The molecular weight excluding hydrogens is 270 g/mol. The molecule has 2 aromatic rings. The van der Waals surface area contributed by atoms with Gasteiger partial charge in [0, 0.05) is 29.8 Å². The summed E-state index contributed by atoms with van der Waals surface area (Å²) in [6.45, 7) is 0.665. The van der Waals surface area contributed by atoms with Crippen molar-refractivity contribution in [1.82, 2.24) is 5.32 Å².